The first-order valence-electron chi connectivity index (χ1n) is 12.0. The molecule has 8 nitrogen and oxygen atoms in total. The lowest BCUT2D eigenvalue weighted by molar-refractivity contribution is -0.116. The minimum absolute atomic E-state index is 0.0111. The van der Waals surface area contributed by atoms with Crippen LogP contribution in [0, 0.1) is 5.41 Å². The van der Waals surface area contributed by atoms with Gasteiger partial charge in [0.25, 0.3) is 5.91 Å². The number of amides is 2. The van der Waals surface area contributed by atoms with E-state index >= 15 is 0 Å². The number of ether oxygens (including phenoxy) is 1. The third-order valence-electron chi connectivity index (χ3n) is 6.20. The minimum Gasteiger partial charge on any atom is -0.384 e. The first-order valence-corrected chi connectivity index (χ1v) is 12.4. The topological polar surface area (TPSA) is 112 Å². The predicted octanol–water partition coefficient (Wildman–Crippen LogP) is 4.26. The van der Waals surface area contributed by atoms with Crippen LogP contribution in [0.25, 0.3) is 0 Å². The average Bonchev–Trinajstić information content (AvgIpc) is 2.90. The molecular weight excluding hydrogens is 490 g/mol. The van der Waals surface area contributed by atoms with Gasteiger partial charge < -0.3 is 25.6 Å². The molecule has 0 atom stereocenters. The Labute approximate surface area is 221 Å². The Hall–Kier alpha value is -3.88. The van der Waals surface area contributed by atoms with E-state index in [9.17, 15) is 9.59 Å². The lowest BCUT2D eigenvalue weighted by Gasteiger charge is -2.27. The quantitative estimate of drug-likeness (QED) is 0.304. The van der Waals surface area contributed by atoms with Crippen molar-refractivity contribution in [3.05, 3.63) is 94.0 Å². The van der Waals surface area contributed by atoms with E-state index < -0.39 is 0 Å². The van der Waals surface area contributed by atoms with Crippen molar-refractivity contribution in [1.29, 1.82) is 5.41 Å². The van der Waals surface area contributed by atoms with Crippen LogP contribution in [0.5, 0.6) is 0 Å². The van der Waals surface area contributed by atoms with E-state index in [1.54, 1.807) is 40.1 Å². The van der Waals surface area contributed by atoms with Gasteiger partial charge in [-0.15, -0.1) is 0 Å². The molecule has 3 aromatic carbocycles. The van der Waals surface area contributed by atoms with E-state index in [0.29, 0.717) is 61.2 Å². The van der Waals surface area contributed by atoms with Crippen LogP contribution in [0.2, 0.25) is 5.02 Å². The lowest BCUT2D eigenvalue weighted by atomic mass is 10.1. The van der Waals surface area contributed by atoms with Crippen LogP contribution in [0.15, 0.2) is 66.7 Å². The van der Waals surface area contributed by atoms with E-state index in [4.69, 9.17) is 27.5 Å². The van der Waals surface area contributed by atoms with Crippen LogP contribution in [-0.2, 0) is 22.6 Å². The molecule has 3 aromatic rings. The molecule has 2 amide bonds. The summed E-state index contributed by atoms with van der Waals surface area (Å²) in [6, 6.07) is 20.1. The lowest BCUT2D eigenvalue weighted by Crippen LogP contribution is -2.40. The summed E-state index contributed by atoms with van der Waals surface area (Å²) in [4.78, 5) is 28.9. The monoisotopic (exact) mass is 519 g/mol. The van der Waals surface area contributed by atoms with Gasteiger partial charge in [-0.25, -0.2) is 0 Å². The highest BCUT2D eigenvalue weighted by molar-refractivity contribution is 6.30. The van der Waals surface area contributed by atoms with Gasteiger partial charge in [0.2, 0.25) is 5.91 Å². The van der Waals surface area contributed by atoms with Gasteiger partial charge in [0.15, 0.2) is 0 Å². The molecule has 37 heavy (non-hydrogen) atoms. The summed E-state index contributed by atoms with van der Waals surface area (Å²) >= 11 is 6.16. The molecule has 192 valence electrons. The normalized spacial score (nSPS) is 13.2. The Morgan fingerprint density at radius 1 is 1.05 bits per heavy atom. The minimum atomic E-state index is -0.127. The molecule has 1 saturated heterocycles. The van der Waals surface area contributed by atoms with Gasteiger partial charge in [0, 0.05) is 54.1 Å². The number of nitrogens with one attached hydrogen (secondary N) is 2. The fraction of sp³-hybridized carbons (Fsp3) is 0.250. The molecule has 4 N–H and O–H groups in total. The van der Waals surface area contributed by atoms with Crippen LogP contribution in [0.1, 0.15) is 34.0 Å². The van der Waals surface area contributed by atoms with Gasteiger partial charge in [-0.2, -0.15) is 0 Å². The summed E-state index contributed by atoms with van der Waals surface area (Å²) in [5.41, 5.74) is 10.2. The fourth-order valence-corrected chi connectivity index (χ4v) is 4.39. The summed E-state index contributed by atoms with van der Waals surface area (Å²) in [7, 11) is 0. The number of amidine groups is 1. The third kappa shape index (κ3) is 6.67. The number of carbonyl (C=O) groups is 2. The van der Waals surface area contributed by atoms with Crippen molar-refractivity contribution in [3.63, 3.8) is 0 Å². The molecule has 0 aromatic heterocycles. The number of hydrogen-bond acceptors (Lipinski definition) is 5. The first kappa shape index (κ1) is 26.2. The smallest absolute Gasteiger partial charge is 0.254 e. The Morgan fingerprint density at radius 3 is 2.51 bits per heavy atom. The van der Waals surface area contributed by atoms with Gasteiger partial charge in [-0.3, -0.25) is 15.0 Å². The predicted molar refractivity (Wildman–Crippen MR) is 146 cm³/mol. The van der Waals surface area contributed by atoms with E-state index in [2.05, 4.69) is 5.32 Å². The molecule has 0 unspecified atom stereocenters. The van der Waals surface area contributed by atoms with Gasteiger partial charge in [-0.05, 0) is 47.5 Å². The average molecular weight is 520 g/mol. The summed E-state index contributed by atoms with van der Waals surface area (Å²) < 4.78 is 5.35. The van der Waals surface area contributed by atoms with Crippen molar-refractivity contribution in [1.82, 2.24) is 4.90 Å². The van der Waals surface area contributed by atoms with E-state index in [-0.39, 0.29) is 17.6 Å². The number of benzene rings is 3. The highest BCUT2D eigenvalue weighted by Gasteiger charge is 2.19. The van der Waals surface area contributed by atoms with Crippen molar-refractivity contribution >= 4 is 40.6 Å². The second kappa shape index (κ2) is 11.9. The zero-order valence-electron chi connectivity index (χ0n) is 20.7. The molecule has 0 aliphatic carbocycles. The molecule has 1 aliphatic rings. The SMILES string of the molecule is CC(=O)N(Cc1ccc(C(=N)N)cc1NCc1cccc(C(=O)N2CCOCC2)c1)c1cccc(Cl)c1. The molecule has 1 aliphatic heterocycles. The number of hydrogen-bond donors (Lipinski definition) is 3. The largest absolute Gasteiger partial charge is 0.384 e. The van der Waals surface area contributed by atoms with E-state index in [1.807, 2.05) is 36.4 Å². The maximum atomic E-state index is 12.9. The number of nitrogens with two attached hydrogens (primary N) is 1. The van der Waals surface area contributed by atoms with E-state index in [1.165, 1.54) is 6.92 Å². The highest BCUT2D eigenvalue weighted by atomic mass is 35.5. The second-order valence-electron chi connectivity index (χ2n) is 8.83. The number of rotatable bonds is 8. The molecule has 4 rings (SSSR count). The van der Waals surface area contributed by atoms with Crippen molar-refractivity contribution < 1.29 is 14.3 Å². The number of nitrogen functional groups attached to an aromatic ring is 1. The number of carbonyl (C=O) groups excluding carboxylic acids is 2. The summed E-state index contributed by atoms with van der Waals surface area (Å²) in [5, 5.41) is 11.8. The molecular formula is C28H30ClN5O3. The molecule has 9 heteroatoms. The standard InChI is InChI=1S/C28H30ClN5O3/c1-19(35)34(25-7-3-6-24(29)16-25)18-23-9-8-21(27(30)31)15-26(23)32-17-20-4-2-5-22(14-20)28(36)33-10-12-37-13-11-33/h2-9,14-16,32H,10-13,17-18H2,1H3,(H3,30,31). The van der Waals surface area contributed by atoms with Gasteiger partial charge in [0.05, 0.1) is 19.8 Å². The zero-order chi connectivity index (χ0) is 26.4. The Kier molecular flexibility index (Phi) is 8.43. The third-order valence-corrected chi connectivity index (χ3v) is 6.44. The fourth-order valence-electron chi connectivity index (χ4n) is 4.21. The van der Waals surface area contributed by atoms with Crippen LogP contribution >= 0.6 is 11.6 Å². The number of anilines is 2. The Bertz CT molecular complexity index is 1310. The highest BCUT2D eigenvalue weighted by Crippen LogP contribution is 2.26. The van der Waals surface area contributed by atoms with Crippen molar-refractivity contribution in [2.45, 2.75) is 20.0 Å². The molecule has 1 fully saturated rings. The molecule has 0 radical (unpaired) electrons. The van der Waals surface area contributed by atoms with Crippen molar-refractivity contribution in [2.75, 3.05) is 36.5 Å². The van der Waals surface area contributed by atoms with E-state index in [0.717, 1.165) is 16.8 Å². The second-order valence-corrected chi connectivity index (χ2v) is 9.27. The number of morpholine rings is 1. The Morgan fingerprint density at radius 2 is 1.81 bits per heavy atom. The molecule has 0 spiro atoms. The number of nitrogens with zero attached hydrogens (tertiary/aromatic N) is 2. The summed E-state index contributed by atoms with van der Waals surface area (Å²) in [5.74, 6) is -0.188. The van der Waals surface area contributed by atoms with Crippen LogP contribution in [0.3, 0.4) is 0 Å². The van der Waals surface area contributed by atoms with Crippen LogP contribution in [0.4, 0.5) is 11.4 Å². The Balaban J connectivity index is 1.56. The van der Waals surface area contributed by atoms with Crippen LogP contribution < -0.4 is 16.0 Å². The maximum Gasteiger partial charge on any atom is 0.254 e. The number of halogens is 1. The van der Waals surface area contributed by atoms with Gasteiger partial charge in [-0.1, -0.05) is 41.9 Å². The summed E-state index contributed by atoms with van der Waals surface area (Å²) in [6.07, 6.45) is 0. The van der Waals surface area contributed by atoms with Crippen LogP contribution in [-0.4, -0.2) is 48.9 Å². The first-order chi connectivity index (χ1) is 17.8. The molecule has 0 saturated carbocycles. The van der Waals surface area contributed by atoms with Gasteiger partial charge >= 0.3 is 0 Å². The zero-order valence-corrected chi connectivity index (χ0v) is 21.4. The van der Waals surface area contributed by atoms with Gasteiger partial charge in [0.1, 0.15) is 5.84 Å². The molecule has 1 heterocycles. The maximum absolute atomic E-state index is 12.9. The molecule has 0 bridgehead atoms. The summed E-state index contributed by atoms with van der Waals surface area (Å²) in [6.45, 7) is 4.52. The van der Waals surface area contributed by atoms with Crippen molar-refractivity contribution in [3.8, 4) is 0 Å². The van der Waals surface area contributed by atoms with Crippen molar-refractivity contribution in [2.24, 2.45) is 5.73 Å².